The lowest BCUT2D eigenvalue weighted by Crippen LogP contribution is -2.13. The van der Waals surface area contributed by atoms with Crippen molar-refractivity contribution < 1.29 is 13.5 Å². The average Bonchev–Trinajstić information content (AvgIpc) is 2.34. The third-order valence-electron chi connectivity index (χ3n) is 1.76. The van der Waals surface area contributed by atoms with Crippen molar-refractivity contribution in [3.8, 4) is 0 Å². The highest BCUT2D eigenvalue weighted by Crippen LogP contribution is 2.21. The highest BCUT2D eigenvalue weighted by atomic mass is 19.3. The van der Waals surface area contributed by atoms with Gasteiger partial charge in [-0.3, -0.25) is 0 Å². The van der Waals surface area contributed by atoms with Gasteiger partial charge in [0.2, 0.25) is 0 Å². The van der Waals surface area contributed by atoms with Crippen molar-refractivity contribution >= 4 is 0 Å². The number of rotatable bonds is 3. The SMILES string of the molecule is FC(F)COC1CCCC1. The van der Waals surface area contributed by atoms with Crippen LogP contribution in [0.1, 0.15) is 25.7 Å². The first kappa shape index (κ1) is 7.92. The van der Waals surface area contributed by atoms with Gasteiger partial charge in [0.05, 0.1) is 6.10 Å². The Morgan fingerprint density at radius 2 is 1.90 bits per heavy atom. The van der Waals surface area contributed by atoms with Crippen molar-refractivity contribution in [1.82, 2.24) is 0 Å². The summed E-state index contributed by atoms with van der Waals surface area (Å²) in [7, 11) is 0. The van der Waals surface area contributed by atoms with Crippen LogP contribution in [0.5, 0.6) is 0 Å². The molecule has 0 aliphatic heterocycles. The van der Waals surface area contributed by atoms with E-state index in [4.69, 9.17) is 4.74 Å². The molecule has 10 heavy (non-hydrogen) atoms. The minimum Gasteiger partial charge on any atom is -0.372 e. The summed E-state index contributed by atoms with van der Waals surface area (Å²) >= 11 is 0. The molecule has 0 aromatic heterocycles. The zero-order valence-corrected chi connectivity index (χ0v) is 5.85. The predicted octanol–water partition coefficient (Wildman–Crippen LogP) is 2.21. The largest absolute Gasteiger partial charge is 0.372 e. The second kappa shape index (κ2) is 3.86. The van der Waals surface area contributed by atoms with Crippen LogP contribution in [0, 0.1) is 0 Å². The van der Waals surface area contributed by atoms with E-state index >= 15 is 0 Å². The molecule has 3 heteroatoms. The van der Waals surface area contributed by atoms with Crippen LogP contribution >= 0.6 is 0 Å². The third kappa shape index (κ3) is 2.60. The monoisotopic (exact) mass is 150 g/mol. The minimum atomic E-state index is -2.31. The van der Waals surface area contributed by atoms with Gasteiger partial charge in [-0.25, -0.2) is 8.78 Å². The first-order chi connectivity index (χ1) is 4.79. The van der Waals surface area contributed by atoms with E-state index in [-0.39, 0.29) is 12.7 Å². The van der Waals surface area contributed by atoms with Gasteiger partial charge in [-0.2, -0.15) is 0 Å². The fourth-order valence-electron chi connectivity index (χ4n) is 1.26. The average molecular weight is 150 g/mol. The first-order valence-electron chi connectivity index (χ1n) is 3.69. The van der Waals surface area contributed by atoms with Crippen molar-refractivity contribution in [1.29, 1.82) is 0 Å². The van der Waals surface area contributed by atoms with Gasteiger partial charge in [0.25, 0.3) is 6.43 Å². The van der Waals surface area contributed by atoms with E-state index in [9.17, 15) is 8.78 Å². The normalized spacial score (nSPS) is 20.7. The Kier molecular flexibility index (Phi) is 3.06. The Bertz CT molecular complexity index is 89.6. The second-order valence-electron chi connectivity index (χ2n) is 2.63. The van der Waals surface area contributed by atoms with Gasteiger partial charge >= 0.3 is 0 Å². The van der Waals surface area contributed by atoms with Crippen molar-refractivity contribution in [2.45, 2.75) is 38.2 Å². The lowest BCUT2D eigenvalue weighted by molar-refractivity contribution is -0.0209. The molecule has 0 saturated heterocycles. The van der Waals surface area contributed by atoms with E-state index in [0.29, 0.717) is 0 Å². The van der Waals surface area contributed by atoms with Gasteiger partial charge < -0.3 is 4.74 Å². The molecule has 0 spiro atoms. The molecule has 1 nitrogen and oxygen atoms in total. The number of hydrogen-bond acceptors (Lipinski definition) is 1. The Balaban J connectivity index is 2.01. The Morgan fingerprint density at radius 1 is 1.30 bits per heavy atom. The Hall–Kier alpha value is -0.180. The molecule has 1 aliphatic rings. The Morgan fingerprint density at radius 3 is 2.40 bits per heavy atom. The van der Waals surface area contributed by atoms with Gasteiger partial charge in [0.1, 0.15) is 6.61 Å². The number of halogens is 2. The van der Waals surface area contributed by atoms with E-state index in [1.807, 2.05) is 0 Å². The molecule has 1 saturated carbocycles. The lowest BCUT2D eigenvalue weighted by Gasteiger charge is -2.09. The van der Waals surface area contributed by atoms with E-state index in [1.54, 1.807) is 0 Å². The predicted molar refractivity (Wildman–Crippen MR) is 34.2 cm³/mol. The molecule has 0 bridgehead atoms. The van der Waals surface area contributed by atoms with E-state index in [1.165, 1.54) is 0 Å². The summed E-state index contributed by atoms with van der Waals surface area (Å²) in [5.74, 6) is 0. The molecule has 60 valence electrons. The smallest absolute Gasteiger partial charge is 0.261 e. The lowest BCUT2D eigenvalue weighted by atomic mass is 10.3. The molecule has 0 aromatic carbocycles. The molecular weight excluding hydrogens is 138 g/mol. The van der Waals surface area contributed by atoms with Gasteiger partial charge in [0, 0.05) is 0 Å². The molecule has 1 rings (SSSR count). The number of ether oxygens (including phenoxy) is 1. The van der Waals surface area contributed by atoms with Crippen LogP contribution < -0.4 is 0 Å². The van der Waals surface area contributed by atoms with Crippen LogP contribution in [0.15, 0.2) is 0 Å². The van der Waals surface area contributed by atoms with Gasteiger partial charge in [0.15, 0.2) is 0 Å². The Labute approximate surface area is 59.4 Å². The number of hydrogen-bond donors (Lipinski definition) is 0. The second-order valence-corrected chi connectivity index (χ2v) is 2.63. The van der Waals surface area contributed by atoms with E-state index in [2.05, 4.69) is 0 Å². The van der Waals surface area contributed by atoms with Crippen molar-refractivity contribution in [3.63, 3.8) is 0 Å². The molecule has 0 amide bonds. The molecule has 1 aliphatic carbocycles. The van der Waals surface area contributed by atoms with E-state index in [0.717, 1.165) is 25.7 Å². The maximum atomic E-state index is 11.6. The maximum Gasteiger partial charge on any atom is 0.261 e. The summed E-state index contributed by atoms with van der Waals surface area (Å²) in [5.41, 5.74) is 0. The highest BCUT2D eigenvalue weighted by molar-refractivity contribution is 4.66. The zero-order valence-electron chi connectivity index (χ0n) is 5.85. The summed E-state index contributed by atoms with van der Waals surface area (Å²) in [4.78, 5) is 0. The minimum absolute atomic E-state index is 0.119. The van der Waals surface area contributed by atoms with Gasteiger partial charge in [-0.05, 0) is 12.8 Å². The van der Waals surface area contributed by atoms with Crippen LogP contribution in [0.3, 0.4) is 0 Å². The van der Waals surface area contributed by atoms with Crippen LogP contribution in [-0.2, 0) is 4.74 Å². The molecule has 1 fully saturated rings. The summed E-state index contributed by atoms with van der Waals surface area (Å²) in [6.07, 6.45) is 2.01. The maximum absolute atomic E-state index is 11.6. The van der Waals surface area contributed by atoms with Crippen LogP contribution in [0.4, 0.5) is 8.78 Å². The number of alkyl halides is 2. The van der Waals surface area contributed by atoms with Crippen molar-refractivity contribution in [3.05, 3.63) is 0 Å². The first-order valence-corrected chi connectivity index (χ1v) is 3.69. The fraction of sp³-hybridized carbons (Fsp3) is 1.00. The topological polar surface area (TPSA) is 9.23 Å². The van der Waals surface area contributed by atoms with E-state index < -0.39 is 6.43 Å². The third-order valence-corrected chi connectivity index (χ3v) is 1.76. The van der Waals surface area contributed by atoms with Crippen LogP contribution in [0.25, 0.3) is 0 Å². The molecule has 0 radical (unpaired) electrons. The molecule has 0 heterocycles. The molecule has 0 aromatic rings. The summed E-state index contributed by atoms with van der Waals surface area (Å²) < 4.78 is 28.0. The van der Waals surface area contributed by atoms with Gasteiger partial charge in [-0.15, -0.1) is 0 Å². The standard InChI is InChI=1S/C7H12F2O/c8-7(9)5-10-6-3-1-2-4-6/h6-7H,1-5H2. The van der Waals surface area contributed by atoms with Crippen molar-refractivity contribution in [2.75, 3.05) is 6.61 Å². The van der Waals surface area contributed by atoms with Gasteiger partial charge in [-0.1, -0.05) is 12.8 Å². The fourth-order valence-corrected chi connectivity index (χ4v) is 1.26. The van der Waals surface area contributed by atoms with Crippen LogP contribution in [-0.4, -0.2) is 19.1 Å². The highest BCUT2D eigenvalue weighted by Gasteiger charge is 2.16. The zero-order chi connectivity index (χ0) is 7.40. The molecular formula is C7H12F2O. The quantitative estimate of drug-likeness (QED) is 0.599. The molecule has 0 N–H and O–H groups in total. The summed E-state index contributed by atoms with van der Waals surface area (Å²) in [6.45, 7) is -0.384. The summed E-state index contributed by atoms with van der Waals surface area (Å²) in [5, 5.41) is 0. The van der Waals surface area contributed by atoms with Crippen LogP contribution in [0.2, 0.25) is 0 Å². The van der Waals surface area contributed by atoms with Crippen molar-refractivity contribution in [2.24, 2.45) is 0 Å². The molecule has 0 unspecified atom stereocenters. The summed E-state index contributed by atoms with van der Waals surface area (Å²) in [6, 6.07) is 0. The molecule has 0 atom stereocenters.